The van der Waals surface area contributed by atoms with Crippen molar-refractivity contribution in [3.63, 3.8) is 0 Å². The molecule has 0 aliphatic heterocycles. The van der Waals surface area contributed by atoms with Crippen LogP contribution in [-0.4, -0.2) is 38.9 Å². The van der Waals surface area contributed by atoms with Crippen LogP contribution in [-0.2, 0) is 4.79 Å². The second kappa shape index (κ2) is 9.33. The summed E-state index contributed by atoms with van der Waals surface area (Å²) in [7, 11) is 0. The number of aromatic amines is 1. The number of imidazole rings is 1. The Morgan fingerprint density at radius 3 is 2.62 bits per heavy atom. The second-order valence-corrected chi connectivity index (χ2v) is 8.74. The summed E-state index contributed by atoms with van der Waals surface area (Å²) in [5, 5.41) is 22.2. The normalized spacial score (nSPS) is 14.2. The molecule has 8 nitrogen and oxygen atoms in total. The Morgan fingerprint density at radius 2 is 2.00 bits per heavy atom. The van der Waals surface area contributed by atoms with Gasteiger partial charge >= 0.3 is 5.69 Å². The Bertz CT molecular complexity index is 1190. The molecule has 1 fully saturated rings. The molecule has 0 unspecified atom stereocenters. The number of rotatable bonds is 8. The number of amides is 1. The zero-order chi connectivity index (χ0) is 22.8. The van der Waals surface area contributed by atoms with Crippen LogP contribution in [0.25, 0.3) is 11.3 Å². The molecule has 1 aliphatic rings. The summed E-state index contributed by atoms with van der Waals surface area (Å²) >= 11 is 1.97. The molecular weight excluding hydrogens is 532 g/mol. The molecule has 168 valence electrons. The van der Waals surface area contributed by atoms with Crippen molar-refractivity contribution in [2.75, 3.05) is 18.5 Å². The Hall–Kier alpha value is -2.86. The Labute approximate surface area is 196 Å². The number of aliphatic hydroxyl groups is 1. The Kier molecular flexibility index (Phi) is 6.51. The third kappa shape index (κ3) is 4.65. The topological polar surface area (TPSA) is 117 Å². The van der Waals surface area contributed by atoms with Gasteiger partial charge < -0.3 is 25.3 Å². The minimum atomic E-state index is -0.974. The van der Waals surface area contributed by atoms with E-state index in [0.29, 0.717) is 14.9 Å². The number of aliphatic hydroxyl groups excluding tert-OH is 1. The number of anilines is 1. The number of aromatic nitrogens is 2. The summed E-state index contributed by atoms with van der Waals surface area (Å²) in [6.45, 7) is 0.0343. The average molecular weight is 553 g/mol. The van der Waals surface area contributed by atoms with Gasteiger partial charge in [-0.05, 0) is 83.8 Å². The van der Waals surface area contributed by atoms with Gasteiger partial charge in [-0.3, -0.25) is 4.79 Å². The maximum absolute atomic E-state index is 14.2. The van der Waals surface area contributed by atoms with Crippen LogP contribution in [0.5, 0.6) is 11.6 Å². The molecule has 1 amide bonds. The SMILES string of the molecule is O=C(Nc1ccc(I)cc1F)[C@H](C1CC1)n1c(O)c(-c2ccc(OCCO)cc2)[nH]c1=O. The first-order valence-electron chi connectivity index (χ1n) is 10.0. The quantitative estimate of drug-likeness (QED) is 0.320. The van der Waals surface area contributed by atoms with Crippen molar-refractivity contribution in [1.29, 1.82) is 0 Å². The van der Waals surface area contributed by atoms with Crippen LogP contribution < -0.4 is 15.7 Å². The highest BCUT2D eigenvalue weighted by Crippen LogP contribution is 2.42. The molecule has 10 heteroatoms. The van der Waals surface area contributed by atoms with E-state index >= 15 is 0 Å². The lowest BCUT2D eigenvalue weighted by atomic mass is 10.1. The zero-order valence-corrected chi connectivity index (χ0v) is 19.0. The first-order chi connectivity index (χ1) is 15.4. The van der Waals surface area contributed by atoms with Gasteiger partial charge in [0.2, 0.25) is 11.8 Å². The van der Waals surface area contributed by atoms with Gasteiger partial charge in [0.1, 0.15) is 29.9 Å². The Morgan fingerprint density at radius 1 is 1.28 bits per heavy atom. The van der Waals surface area contributed by atoms with E-state index in [4.69, 9.17) is 9.84 Å². The molecule has 1 aliphatic carbocycles. The van der Waals surface area contributed by atoms with E-state index < -0.39 is 23.5 Å². The van der Waals surface area contributed by atoms with Gasteiger partial charge in [-0.2, -0.15) is 0 Å². The number of carbonyl (C=O) groups excluding carboxylic acids is 1. The molecule has 4 rings (SSSR count). The summed E-state index contributed by atoms with van der Waals surface area (Å²) in [6.07, 6.45) is 1.44. The maximum Gasteiger partial charge on any atom is 0.329 e. The van der Waals surface area contributed by atoms with E-state index in [-0.39, 0.29) is 36.4 Å². The van der Waals surface area contributed by atoms with Crippen molar-refractivity contribution >= 4 is 34.2 Å². The zero-order valence-electron chi connectivity index (χ0n) is 16.8. The first kappa shape index (κ1) is 22.3. The van der Waals surface area contributed by atoms with Gasteiger partial charge in [0.25, 0.3) is 0 Å². The summed E-state index contributed by atoms with van der Waals surface area (Å²) < 4.78 is 21.3. The molecule has 0 bridgehead atoms. The highest BCUT2D eigenvalue weighted by molar-refractivity contribution is 14.1. The van der Waals surface area contributed by atoms with Crippen LogP contribution in [0.3, 0.4) is 0 Å². The standard InChI is InChI=1S/C22H21FIN3O5/c23-16-11-14(24)5-8-17(16)25-20(29)19(13-1-2-13)27-21(30)18(26-22(27)31)12-3-6-15(7-4-12)32-10-9-28/h3-8,11,13,19,28,30H,1-2,9-10H2,(H,25,29)(H,26,31)/t19-/m0/s1. The van der Waals surface area contributed by atoms with Crippen LogP contribution in [0, 0.1) is 15.3 Å². The molecule has 0 saturated heterocycles. The number of aromatic hydroxyl groups is 1. The monoisotopic (exact) mass is 553 g/mol. The lowest BCUT2D eigenvalue weighted by molar-refractivity contribution is -0.120. The maximum atomic E-state index is 14.2. The van der Waals surface area contributed by atoms with Crippen molar-refractivity contribution < 1.29 is 24.1 Å². The minimum Gasteiger partial charge on any atom is -0.493 e. The van der Waals surface area contributed by atoms with Gasteiger partial charge in [0.15, 0.2) is 0 Å². The number of ether oxygens (including phenoxy) is 1. The summed E-state index contributed by atoms with van der Waals surface area (Å²) in [6, 6.07) is 10.0. The van der Waals surface area contributed by atoms with Crippen LogP contribution >= 0.6 is 22.6 Å². The van der Waals surface area contributed by atoms with Crippen LogP contribution in [0.4, 0.5) is 10.1 Å². The number of hydrogen-bond donors (Lipinski definition) is 4. The second-order valence-electron chi connectivity index (χ2n) is 7.49. The largest absolute Gasteiger partial charge is 0.493 e. The molecule has 1 heterocycles. The highest BCUT2D eigenvalue weighted by Gasteiger charge is 2.40. The molecular formula is C22H21FIN3O5. The number of benzene rings is 2. The molecule has 0 radical (unpaired) electrons. The van der Waals surface area contributed by atoms with Crippen molar-refractivity contribution in [2.45, 2.75) is 18.9 Å². The van der Waals surface area contributed by atoms with E-state index in [1.54, 1.807) is 30.3 Å². The van der Waals surface area contributed by atoms with Crippen molar-refractivity contribution in [1.82, 2.24) is 9.55 Å². The van der Waals surface area contributed by atoms with Crippen molar-refractivity contribution in [3.05, 3.63) is 62.3 Å². The van der Waals surface area contributed by atoms with Gasteiger partial charge in [-0.15, -0.1) is 0 Å². The van der Waals surface area contributed by atoms with E-state index in [0.717, 1.165) is 17.4 Å². The smallest absolute Gasteiger partial charge is 0.329 e. The molecule has 0 spiro atoms. The van der Waals surface area contributed by atoms with Crippen molar-refractivity contribution in [2.24, 2.45) is 5.92 Å². The Balaban J connectivity index is 1.63. The number of H-pyrrole nitrogens is 1. The third-order valence-electron chi connectivity index (χ3n) is 5.21. The molecule has 1 aromatic heterocycles. The number of carbonyl (C=O) groups is 1. The predicted molar refractivity (Wildman–Crippen MR) is 124 cm³/mol. The molecule has 3 aromatic rings. The third-order valence-corrected chi connectivity index (χ3v) is 5.88. The fraction of sp³-hybridized carbons (Fsp3) is 0.273. The van der Waals surface area contributed by atoms with E-state index in [9.17, 15) is 19.1 Å². The van der Waals surface area contributed by atoms with Crippen LogP contribution in [0.2, 0.25) is 0 Å². The molecule has 1 atom stereocenters. The van der Waals surface area contributed by atoms with E-state index in [1.807, 2.05) is 22.6 Å². The summed E-state index contributed by atoms with van der Waals surface area (Å²) in [5.41, 5.74) is 0.0759. The molecule has 4 N–H and O–H groups in total. The van der Waals surface area contributed by atoms with Gasteiger partial charge in [0, 0.05) is 9.13 Å². The summed E-state index contributed by atoms with van der Waals surface area (Å²) in [5.74, 6) is -1.12. The first-order valence-corrected chi connectivity index (χ1v) is 11.1. The van der Waals surface area contributed by atoms with Crippen molar-refractivity contribution in [3.8, 4) is 22.9 Å². The minimum absolute atomic E-state index is 0.0165. The van der Waals surface area contributed by atoms with E-state index in [1.165, 1.54) is 12.1 Å². The van der Waals surface area contributed by atoms with Crippen LogP contribution in [0.15, 0.2) is 47.3 Å². The summed E-state index contributed by atoms with van der Waals surface area (Å²) in [4.78, 5) is 28.4. The molecule has 1 saturated carbocycles. The molecule has 2 aromatic carbocycles. The van der Waals surface area contributed by atoms with E-state index in [2.05, 4.69) is 10.3 Å². The van der Waals surface area contributed by atoms with Gasteiger partial charge in [0.05, 0.1) is 12.3 Å². The fourth-order valence-corrected chi connectivity index (χ4v) is 3.99. The number of halogens is 2. The average Bonchev–Trinajstić information content (AvgIpc) is 3.56. The number of hydrogen-bond acceptors (Lipinski definition) is 5. The lowest BCUT2D eigenvalue weighted by Crippen LogP contribution is -2.33. The number of nitrogens with zero attached hydrogens (tertiary/aromatic N) is 1. The molecule has 32 heavy (non-hydrogen) atoms. The number of nitrogens with one attached hydrogen (secondary N) is 2. The van der Waals surface area contributed by atoms with Gasteiger partial charge in [-0.1, -0.05) is 0 Å². The van der Waals surface area contributed by atoms with Crippen LogP contribution in [0.1, 0.15) is 18.9 Å². The highest BCUT2D eigenvalue weighted by atomic mass is 127. The predicted octanol–water partition coefficient (Wildman–Crippen LogP) is 3.25. The fourth-order valence-electron chi connectivity index (χ4n) is 3.53. The van der Waals surface area contributed by atoms with Gasteiger partial charge in [-0.25, -0.2) is 13.8 Å². The lowest BCUT2D eigenvalue weighted by Gasteiger charge is -2.18.